The van der Waals surface area contributed by atoms with Crippen molar-refractivity contribution in [2.24, 2.45) is 0 Å². The van der Waals surface area contributed by atoms with Gasteiger partial charge in [-0.15, -0.1) is 0 Å². The maximum atomic E-state index is 12.3. The number of fused-ring (bicyclic) bond motifs is 1. The van der Waals surface area contributed by atoms with Gasteiger partial charge in [-0.1, -0.05) is 17.3 Å². The Kier molecular flexibility index (Phi) is 5.80. The number of carbonyl (C=O) groups is 1. The van der Waals surface area contributed by atoms with Gasteiger partial charge in [0.15, 0.2) is 17.3 Å². The van der Waals surface area contributed by atoms with E-state index < -0.39 is 0 Å². The van der Waals surface area contributed by atoms with E-state index in [2.05, 4.69) is 20.4 Å². The zero-order valence-electron chi connectivity index (χ0n) is 14.8. The molecule has 0 aliphatic heterocycles. The molecule has 0 spiro atoms. The van der Waals surface area contributed by atoms with Gasteiger partial charge in [0.05, 0.1) is 0 Å². The average molecular weight is 359 g/mol. The molecule has 9 nitrogen and oxygen atoms in total. The summed E-state index contributed by atoms with van der Waals surface area (Å²) < 4.78 is 15.7. The maximum absolute atomic E-state index is 12.3. The number of methoxy groups -OCH3 is 1. The van der Waals surface area contributed by atoms with Gasteiger partial charge in [-0.05, 0) is 19.1 Å². The minimum atomic E-state index is -0.213. The molecule has 0 aliphatic carbocycles. The Morgan fingerprint density at radius 1 is 1.27 bits per heavy atom. The molecular formula is C17H21N5O4. The zero-order chi connectivity index (χ0) is 18.4. The number of ether oxygens (including phenoxy) is 1. The van der Waals surface area contributed by atoms with Crippen molar-refractivity contribution in [3.8, 4) is 0 Å². The van der Waals surface area contributed by atoms with E-state index in [-0.39, 0.29) is 19.2 Å². The molecule has 2 aromatic heterocycles. The monoisotopic (exact) mass is 359 g/mol. The number of aromatic nitrogens is 3. The summed E-state index contributed by atoms with van der Waals surface area (Å²) in [5.41, 5.74) is 1.56. The molecule has 0 bridgehead atoms. The fraction of sp³-hybridized carbons (Fsp3) is 0.412. The Labute approximate surface area is 150 Å². The lowest BCUT2D eigenvalue weighted by Crippen LogP contribution is -2.40. The van der Waals surface area contributed by atoms with Crippen molar-refractivity contribution in [2.45, 2.75) is 26.5 Å². The van der Waals surface area contributed by atoms with Crippen molar-refractivity contribution in [3.05, 3.63) is 41.9 Å². The van der Waals surface area contributed by atoms with Crippen molar-refractivity contribution >= 4 is 17.1 Å². The molecule has 1 N–H and O–H groups in total. The second-order valence-corrected chi connectivity index (χ2v) is 5.61. The largest absolute Gasteiger partial charge is 0.441 e. The van der Waals surface area contributed by atoms with E-state index in [0.717, 1.165) is 11.1 Å². The van der Waals surface area contributed by atoms with E-state index in [1.807, 2.05) is 31.2 Å². The third kappa shape index (κ3) is 4.37. The topological polar surface area (TPSA) is 107 Å². The van der Waals surface area contributed by atoms with E-state index >= 15 is 0 Å². The van der Waals surface area contributed by atoms with Crippen LogP contribution >= 0.6 is 0 Å². The van der Waals surface area contributed by atoms with Crippen LogP contribution in [-0.2, 0) is 24.3 Å². The molecule has 0 saturated heterocycles. The first-order valence-corrected chi connectivity index (χ1v) is 8.37. The minimum absolute atomic E-state index is 0.213. The summed E-state index contributed by atoms with van der Waals surface area (Å²) in [6, 6.07) is 7.35. The SMILES string of the molecule is CCN(Cc1nc(COC)no1)C(=O)NCCc1nc2ccccc2o1. The van der Waals surface area contributed by atoms with Crippen LogP contribution in [0.5, 0.6) is 0 Å². The van der Waals surface area contributed by atoms with E-state index in [1.54, 1.807) is 12.0 Å². The van der Waals surface area contributed by atoms with E-state index in [1.165, 1.54) is 0 Å². The normalized spacial score (nSPS) is 11.0. The molecule has 3 aromatic rings. The summed E-state index contributed by atoms with van der Waals surface area (Å²) in [5.74, 6) is 1.42. The molecule has 9 heteroatoms. The fourth-order valence-corrected chi connectivity index (χ4v) is 2.45. The Bertz CT molecular complexity index is 827. The van der Waals surface area contributed by atoms with Gasteiger partial charge in [-0.3, -0.25) is 0 Å². The lowest BCUT2D eigenvalue weighted by molar-refractivity contribution is 0.174. The summed E-state index contributed by atoms with van der Waals surface area (Å²) in [7, 11) is 1.55. The van der Waals surface area contributed by atoms with E-state index in [9.17, 15) is 4.79 Å². The number of rotatable bonds is 8. The zero-order valence-corrected chi connectivity index (χ0v) is 14.8. The van der Waals surface area contributed by atoms with Crippen molar-refractivity contribution in [1.82, 2.24) is 25.3 Å². The first-order valence-electron chi connectivity index (χ1n) is 8.37. The van der Waals surface area contributed by atoms with Crippen LogP contribution in [0.2, 0.25) is 0 Å². The highest BCUT2D eigenvalue weighted by molar-refractivity contribution is 5.74. The number of nitrogens with zero attached hydrogens (tertiary/aromatic N) is 4. The summed E-state index contributed by atoms with van der Waals surface area (Å²) in [6.07, 6.45) is 0.510. The van der Waals surface area contributed by atoms with Gasteiger partial charge in [-0.2, -0.15) is 4.98 Å². The molecular weight excluding hydrogens is 338 g/mol. The third-order valence-corrected chi connectivity index (χ3v) is 3.73. The van der Waals surface area contributed by atoms with Crippen molar-refractivity contribution in [3.63, 3.8) is 0 Å². The molecule has 138 valence electrons. The summed E-state index contributed by atoms with van der Waals surface area (Å²) >= 11 is 0. The second-order valence-electron chi connectivity index (χ2n) is 5.61. The molecule has 0 saturated carbocycles. The van der Waals surface area contributed by atoms with Gasteiger partial charge >= 0.3 is 6.03 Å². The van der Waals surface area contributed by atoms with Crippen LogP contribution in [0.3, 0.4) is 0 Å². The van der Waals surface area contributed by atoms with Gasteiger partial charge in [0.1, 0.15) is 18.7 Å². The molecule has 0 fully saturated rings. The van der Waals surface area contributed by atoms with E-state index in [0.29, 0.717) is 37.1 Å². The van der Waals surface area contributed by atoms with Gasteiger partial charge in [0.25, 0.3) is 0 Å². The third-order valence-electron chi connectivity index (χ3n) is 3.73. The van der Waals surface area contributed by atoms with Crippen LogP contribution in [0.15, 0.2) is 33.2 Å². The number of benzene rings is 1. The lowest BCUT2D eigenvalue weighted by atomic mass is 10.3. The first-order chi connectivity index (χ1) is 12.7. The Hall–Kier alpha value is -2.94. The van der Waals surface area contributed by atoms with Crippen molar-refractivity contribution in [1.29, 1.82) is 0 Å². The van der Waals surface area contributed by atoms with Crippen LogP contribution in [0.25, 0.3) is 11.1 Å². The Morgan fingerprint density at radius 3 is 2.88 bits per heavy atom. The number of amides is 2. The number of urea groups is 1. The first kappa shape index (κ1) is 17.9. The van der Waals surface area contributed by atoms with Crippen LogP contribution in [0.1, 0.15) is 24.5 Å². The second kappa shape index (κ2) is 8.43. The maximum Gasteiger partial charge on any atom is 0.317 e. The average Bonchev–Trinajstić information content (AvgIpc) is 3.26. The number of nitrogens with one attached hydrogen (secondary N) is 1. The molecule has 3 rings (SSSR count). The van der Waals surface area contributed by atoms with Crippen LogP contribution in [0, 0.1) is 0 Å². The summed E-state index contributed by atoms with van der Waals surface area (Å²) in [4.78, 5) is 22.5. The number of hydrogen-bond acceptors (Lipinski definition) is 7. The van der Waals surface area contributed by atoms with Crippen molar-refractivity contribution in [2.75, 3.05) is 20.2 Å². The molecule has 2 heterocycles. The van der Waals surface area contributed by atoms with Gasteiger partial charge in [0, 0.05) is 26.6 Å². The van der Waals surface area contributed by atoms with E-state index in [4.69, 9.17) is 13.7 Å². The molecule has 26 heavy (non-hydrogen) atoms. The number of oxazole rings is 1. The predicted octanol–water partition coefficient (Wildman–Crippen LogP) is 2.13. The Morgan fingerprint density at radius 2 is 2.12 bits per heavy atom. The van der Waals surface area contributed by atoms with Crippen LogP contribution in [-0.4, -0.2) is 46.3 Å². The minimum Gasteiger partial charge on any atom is -0.441 e. The van der Waals surface area contributed by atoms with Gasteiger partial charge < -0.3 is 23.9 Å². The highest BCUT2D eigenvalue weighted by atomic mass is 16.5. The smallest absolute Gasteiger partial charge is 0.317 e. The molecule has 0 radical (unpaired) electrons. The standard InChI is InChI=1S/C17H21N5O4/c1-3-22(10-16-20-14(11-24-2)21-26-16)17(23)18-9-8-15-19-12-6-4-5-7-13(12)25-15/h4-7H,3,8-11H2,1-2H3,(H,18,23). The molecule has 2 amide bonds. The Balaban J connectivity index is 1.50. The molecule has 0 aliphatic rings. The molecule has 0 unspecified atom stereocenters. The molecule has 0 atom stereocenters. The van der Waals surface area contributed by atoms with Crippen molar-refractivity contribution < 1.29 is 18.5 Å². The highest BCUT2D eigenvalue weighted by Gasteiger charge is 2.16. The van der Waals surface area contributed by atoms with Crippen LogP contribution in [0.4, 0.5) is 4.79 Å². The van der Waals surface area contributed by atoms with Crippen LogP contribution < -0.4 is 5.32 Å². The fourth-order valence-electron chi connectivity index (χ4n) is 2.45. The summed E-state index contributed by atoms with van der Waals surface area (Å²) in [6.45, 7) is 3.32. The number of carbonyl (C=O) groups excluding carboxylic acids is 1. The van der Waals surface area contributed by atoms with Gasteiger partial charge in [-0.25, -0.2) is 9.78 Å². The van der Waals surface area contributed by atoms with Gasteiger partial charge in [0.2, 0.25) is 5.89 Å². The number of para-hydroxylation sites is 2. The molecule has 1 aromatic carbocycles. The summed E-state index contributed by atoms with van der Waals surface area (Å²) in [5, 5.41) is 6.64. The quantitative estimate of drug-likeness (QED) is 0.656. The highest BCUT2D eigenvalue weighted by Crippen LogP contribution is 2.14. The predicted molar refractivity (Wildman–Crippen MR) is 92.2 cm³/mol. The number of hydrogen-bond donors (Lipinski definition) is 1. The lowest BCUT2D eigenvalue weighted by Gasteiger charge is -2.19.